The van der Waals surface area contributed by atoms with Crippen LogP contribution in [-0.2, 0) is 0 Å². The molecular formula is C14H12N4O2. The number of nitriles is 1. The van der Waals surface area contributed by atoms with Crippen molar-refractivity contribution in [3.8, 4) is 17.3 Å². The second-order valence-corrected chi connectivity index (χ2v) is 4.25. The first-order chi connectivity index (χ1) is 9.56. The molecule has 0 saturated heterocycles. The third-order valence-corrected chi connectivity index (χ3v) is 2.88. The number of carbonyl (C=O) groups excluding carboxylic acids is 1. The molecule has 2 aromatic rings. The van der Waals surface area contributed by atoms with E-state index in [1.165, 1.54) is 6.07 Å². The van der Waals surface area contributed by atoms with Crippen molar-refractivity contribution in [2.45, 2.75) is 6.92 Å². The maximum absolute atomic E-state index is 11.9. The van der Waals surface area contributed by atoms with Crippen molar-refractivity contribution in [1.82, 2.24) is 10.4 Å². The van der Waals surface area contributed by atoms with Gasteiger partial charge in [-0.25, -0.2) is 5.84 Å². The molecule has 20 heavy (non-hydrogen) atoms. The number of hydrogen-bond donors (Lipinski definition) is 3. The lowest BCUT2D eigenvalue weighted by molar-refractivity contribution is 0.0953. The van der Waals surface area contributed by atoms with E-state index in [-0.39, 0.29) is 11.1 Å². The number of benzene rings is 1. The van der Waals surface area contributed by atoms with Crippen LogP contribution in [0.25, 0.3) is 11.3 Å². The quantitative estimate of drug-likeness (QED) is 0.425. The average Bonchev–Trinajstić information content (AvgIpc) is 2.46. The van der Waals surface area contributed by atoms with E-state index in [1.54, 1.807) is 6.07 Å². The molecule has 6 heteroatoms. The van der Waals surface area contributed by atoms with Crippen molar-refractivity contribution in [1.29, 1.82) is 5.26 Å². The monoisotopic (exact) mass is 268 g/mol. The minimum absolute atomic E-state index is 0.0469. The number of amides is 1. The molecule has 1 aromatic carbocycles. The van der Waals surface area contributed by atoms with Crippen LogP contribution in [0.1, 0.15) is 21.5 Å². The van der Waals surface area contributed by atoms with E-state index < -0.39 is 11.5 Å². The summed E-state index contributed by atoms with van der Waals surface area (Å²) in [5, 5.41) is 8.95. The Morgan fingerprint density at radius 2 is 2.00 bits per heavy atom. The van der Waals surface area contributed by atoms with Crippen LogP contribution in [0.5, 0.6) is 0 Å². The van der Waals surface area contributed by atoms with Gasteiger partial charge in [-0.15, -0.1) is 0 Å². The smallest absolute Gasteiger partial charge is 0.267 e. The Labute approximate surface area is 114 Å². The molecule has 0 aliphatic carbocycles. The second kappa shape index (κ2) is 5.38. The number of nitrogens with two attached hydrogens (primary N) is 1. The summed E-state index contributed by atoms with van der Waals surface area (Å²) in [5.74, 6) is 4.39. The summed E-state index contributed by atoms with van der Waals surface area (Å²) in [6.07, 6.45) is 0. The maximum Gasteiger partial charge on any atom is 0.267 e. The van der Waals surface area contributed by atoms with Crippen LogP contribution < -0.4 is 16.8 Å². The molecule has 2 rings (SSSR count). The number of aromatic amines is 1. The van der Waals surface area contributed by atoms with Gasteiger partial charge in [0, 0.05) is 5.69 Å². The van der Waals surface area contributed by atoms with E-state index in [0.29, 0.717) is 5.69 Å². The van der Waals surface area contributed by atoms with E-state index in [1.807, 2.05) is 36.6 Å². The lowest BCUT2D eigenvalue weighted by Gasteiger charge is -2.06. The first kappa shape index (κ1) is 13.5. The summed E-state index contributed by atoms with van der Waals surface area (Å²) in [7, 11) is 0. The molecule has 1 heterocycles. The highest BCUT2D eigenvalue weighted by molar-refractivity contribution is 5.97. The fourth-order valence-electron chi connectivity index (χ4n) is 1.82. The molecule has 4 N–H and O–H groups in total. The van der Waals surface area contributed by atoms with Crippen LogP contribution in [0, 0.1) is 18.3 Å². The van der Waals surface area contributed by atoms with E-state index in [9.17, 15) is 9.59 Å². The van der Waals surface area contributed by atoms with Crippen LogP contribution in [0.15, 0.2) is 35.1 Å². The number of H-pyrrole nitrogens is 1. The van der Waals surface area contributed by atoms with Gasteiger partial charge in [-0.05, 0) is 18.6 Å². The van der Waals surface area contributed by atoms with Crippen LogP contribution >= 0.6 is 0 Å². The average molecular weight is 268 g/mol. The highest BCUT2D eigenvalue weighted by atomic mass is 16.2. The zero-order valence-corrected chi connectivity index (χ0v) is 10.7. The summed E-state index contributed by atoms with van der Waals surface area (Å²) in [4.78, 5) is 26.1. The SMILES string of the molecule is Cc1ccc(-c2cc(C(=O)NN)c(C#N)c(=O)[nH]2)cc1. The normalized spacial score (nSPS) is 9.85. The Morgan fingerprint density at radius 3 is 2.55 bits per heavy atom. The Morgan fingerprint density at radius 1 is 1.35 bits per heavy atom. The summed E-state index contributed by atoms with van der Waals surface area (Å²) in [6, 6.07) is 10.5. The number of rotatable bonds is 2. The summed E-state index contributed by atoms with van der Waals surface area (Å²) in [6.45, 7) is 1.94. The molecular weight excluding hydrogens is 256 g/mol. The fraction of sp³-hybridized carbons (Fsp3) is 0.0714. The maximum atomic E-state index is 11.9. The van der Waals surface area contributed by atoms with E-state index in [0.717, 1.165) is 11.1 Å². The van der Waals surface area contributed by atoms with Gasteiger partial charge < -0.3 is 4.98 Å². The van der Waals surface area contributed by atoms with Crippen molar-refractivity contribution in [3.63, 3.8) is 0 Å². The molecule has 0 aliphatic rings. The number of nitrogens with zero attached hydrogens (tertiary/aromatic N) is 1. The summed E-state index contributed by atoms with van der Waals surface area (Å²) < 4.78 is 0. The van der Waals surface area contributed by atoms with Gasteiger partial charge in [0.05, 0.1) is 5.56 Å². The molecule has 0 spiro atoms. The molecule has 1 amide bonds. The number of pyridine rings is 1. The van der Waals surface area contributed by atoms with E-state index in [2.05, 4.69) is 4.98 Å². The number of aryl methyl sites for hydroxylation is 1. The first-order valence-corrected chi connectivity index (χ1v) is 5.82. The van der Waals surface area contributed by atoms with Crippen LogP contribution in [0.4, 0.5) is 0 Å². The molecule has 0 radical (unpaired) electrons. The predicted octanol–water partition coefficient (Wildman–Crippen LogP) is 0.825. The number of aromatic nitrogens is 1. The molecule has 0 saturated carbocycles. The van der Waals surface area contributed by atoms with Gasteiger partial charge in [0.25, 0.3) is 11.5 Å². The van der Waals surface area contributed by atoms with Crippen molar-refractivity contribution in [2.24, 2.45) is 5.84 Å². The van der Waals surface area contributed by atoms with Crippen molar-refractivity contribution >= 4 is 5.91 Å². The summed E-state index contributed by atoms with van der Waals surface area (Å²) >= 11 is 0. The largest absolute Gasteiger partial charge is 0.321 e. The van der Waals surface area contributed by atoms with Crippen LogP contribution in [0.2, 0.25) is 0 Å². The van der Waals surface area contributed by atoms with Crippen molar-refractivity contribution in [3.05, 3.63) is 57.4 Å². The topological polar surface area (TPSA) is 112 Å². The lowest BCUT2D eigenvalue weighted by atomic mass is 10.0. The minimum atomic E-state index is -0.680. The zero-order valence-electron chi connectivity index (χ0n) is 10.7. The zero-order chi connectivity index (χ0) is 14.7. The van der Waals surface area contributed by atoms with E-state index in [4.69, 9.17) is 11.1 Å². The molecule has 100 valence electrons. The van der Waals surface area contributed by atoms with Gasteiger partial charge in [-0.1, -0.05) is 29.8 Å². The third kappa shape index (κ3) is 2.43. The number of hydrogen-bond acceptors (Lipinski definition) is 4. The number of hydrazine groups is 1. The highest BCUT2D eigenvalue weighted by Crippen LogP contribution is 2.18. The second-order valence-electron chi connectivity index (χ2n) is 4.25. The molecule has 1 aromatic heterocycles. The lowest BCUT2D eigenvalue weighted by Crippen LogP contribution is -2.32. The Balaban J connectivity index is 2.65. The van der Waals surface area contributed by atoms with Gasteiger partial charge in [-0.2, -0.15) is 5.26 Å². The predicted molar refractivity (Wildman–Crippen MR) is 73.6 cm³/mol. The molecule has 0 unspecified atom stereocenters. The van der Waals surface area contributed by atoms with Gasteiger partial charge in [0.2, 0.25) is 0 Å². The third-order valence-electron chi connectivity index (χ3n) is 2.88. The van der Waals surface area contributed by atoms with Gasteiger partial charge >= 0.3 is 0 Å². The number of carbonyl (C=O) groups is 1. The Kier molecular flexibility index (Phi) is 3.64. The van der Waals surface area contributed by atoms with Gasteiger partial charge in [-0.3, -0.25) is 15.0 Å². The van der Waals surface area contributed by atoms with Gasteiger partial charge in [0.15, 0.2) is 0 Å². The Hall–Kier alpha value is -2.91. The standard InChI is InChI=1S/C14H12N4O2/c1-8-2-4-9(5-3-8)12-6-10(14(20)18-16)11(7-15)13(19)17-12/h2-6H,16H2,1H3,(H,17,19)(H,18,20). The van der Waals surface area contributed by atoms with Crippen molar-refractivity contribution in [2.75, 3.05) is 0 Å². The van der Waals surface area contributed by atoms with Crippen LogP contribution in [0.3, 0.4) is 0 Å². The fourth-order valence-corrected chi connectivity index (χ4v) is 1.82. The molecule has 0 atom stereocenters. The summed E-state index contributed by atoms with van der Waals surface area (Å²) in [5.41, 5.74) is 3.26. The molecule has 0 bridgehead atoms. The number of nitrogens with one attached hydrogen (secondary N) is 2. The van der Waals surface area contributed by atoms with E-state index >= 15 is 0 Å². The first-order valence-electron chi connectivity index (χ1n) is 5.82. The number of nitrogen functional groups attached to an aromatic ring is 1. The molecule has 0 aliphatic heterocycles. The van der Waals surface area contributed by atoms with Crippen molar-refractivity contribution < 1.29 is 4.79 Å². The highest BCUT2D eigenvalue weighted by Gasteiger charge is 2.16. The molecule has 0 fully saturated rings. The molecule has 6 nitrogen and oxygen atoms in total. The van der Waals surface area contributed by atoms with Crippen LogP contribution in [-0.4, -0.2) is 10.9 Å². The Bertz CT molecular complexity index is 754. The minimum Gasteiger partial charge on any atom is -0.321 e. The van der Waals surface area contributed by atoms with Gasteiger partial charge in [0.1, 0.15) is 11.6 Å².